The first-order valence-electron chi connectivity index (χ1n) is 11.1. The van der Waals surface area contributed by atoms with Crippen LogP contribution in [-0.4, -0.2) is 28.5 Å². The van der Waals surface area contributed by atoms with Gasteiger partial charge in [0.2, 0.25) is 17.6 Å². The number of aliphatic carboxylic acids is 1. The van der Waals surface area contributed by atoms with Crippen LogP contribution < -0.4 is 14.9 Å². The minimum absolute atomic E-state index is 0.0221. The van der Waals surface area contributed by atoms with Crippen molar-refractivity contribution in [3.05, 3.63) is 81.8 Å². The third-order valence-corrected chi connectivity index (χ3v) is 5.62. The molecule has 0 amide bonds. The summed E-state index contributed by atoms with van der Waals surface area (Å²) >= 11 is 0. The number of rotatable bonds is 8. The number of hydrogen-bond acceptors (Lipinski definition) is 5. The van der Waals surface area contributed by atoms with E-state index in [1.54, 1.807) is 6.92 Å². The molecule has 178 valence electrons. The molecular formula is C26H26FNO6. The van der Waals surface area contributed by atoms with Crippen LogP contribution in [0.2, 0.25) is 0 Å². The Labute approximate surface area is 196 Å². The summed E-state index contributed by atoms with van der Waals surface area (Å²) in [5.41, 5.74) is 1.26. The Balaban J connectivity index is 1.88. The standard InChI is InChI=1S/C26H26FNO6/c1-17-24(31)25(33-16-18-7-3-2-4-8-18)23(19-10-12-20(27)13-11-19)28(15-21(29)30)26(17)34-22-9-5-6-14-32-22/h2-4,7-8,10-13,22H,5-6,9,14-16H2,1H3,(H,29,30). The van der Waals surface area contributed by atoms with Gasteiger partial charge in [0, 0.05) is 12.0 Å². The number of benzene rings is 2. The topological polar surface area (TPSA) is 87.0 Å². The van der Waals surface area contributed by atoms with Crippen molar-refractivity contribution in [3.63, 3.8) is 0 Å². The molecule has 3 aromatic rings. The molecule has 0 bridgehead atoms. The van der Waals surface area contributed by atoms with Gasteiger partial charge in [-0.2, -0.15) is 0 Å². The van der Waals surface area contributed by atoms with Gasteiger partial charge in [-0.15, -0.1) is 0 Å². The number of hydrogen-bond donors (Lipinski definition) is 1. The Morgan fingerprint density at radius 2 is 1.88 bits per heavy atom. The van der Waals surface area contributed by atoms with Gasteiger partial charge in [-0.05, 0) is 49.6 Å². The van der Waals surface area contributed by atoms with E-state index < -0.39 is 30.1 Å². The van der Waals surface area contributed by atoms with E-state index in [0.29, 0.717) is 18.6 Å². The van der Waals surface area contributed by atoms with E-state index in [4.69, 9.17) is 14.2 Å². The van der Waals surface area contributed by atoms with Gasteiger partial charge in [0.25, 0.3) is 0 Å². The molecular weight excluding hydrogens is 441 g/mol. The van der Waals surface area contributed by atoms with Gasteiger partial charge in [-0.1, -0.05) is 30.3 Å². The minimum atomic E-state index is -1.13. The molecule has 2 aromatic carbocycles. The summed E-state index contributed by atoms with van der Waals surface area (Å²) in [7, 11) is 0. The minimum Gasteiger partial charge on any atom is -0.483 e. The van der Waals surface area contributed by atoms with Gasteiger partial charge in [-0.3, -0.25) is 14.2 Å². The molecule has 1 saturated heterocycles. The highest BCUT2D eigenvalue weighted by Gasteiger charge is 2.27. The van der Waals surface area contributed by atoms with Crippen LogP contribution in [0.3, 0.4) is 0 Å². The lowest BCUT2D eigenvalue weighted by atomic mass is 10.1. The summed E-state index contributed by atoms with van der Waals surface area (Å²) < 4.78 is 32.8. The first kappa shape index (κ1) is 23.5. The maximum absolute atomic E-state index is 13.7. The zero-order valence-corrected chi connectivity index (χ0v) is 18.8. The van der Waals surface area contributed by atoms with Crippen molar-refractivity contribution < 1.29 is 28.5 Å². The maximum atomic E-state index is 13.7. The molecule has 1 fully saturated rings. The Hall–Kier alpha value is -3.65. The van der Waals surface area contributed by atoms with E-state index >= 15 is 0 Å². The molecule has 8 heteroatoms. The molecule has 1 aliphatic rings. The second-order valence-corrected chi connectivity index (χ2v) is 8.11. The second-order valence-electron chi connectivity index (χ2n) is 8.11. The highest BCUT2D eigenvalue weighted by atomic mass is 19.1. The van der Waals surface area contributed by atoms with E-state index in [1.807, 2.05) is 30.3 Å². The summed E-state index contributed by atoms with van der Waals surface area (Å²) in [5.74, 6) is -1.51. The fourth-order valence-corrected chi connectivity index (χ4v) is 3.93. The third kappa shape index (κ3) is 5.28. The van der Waals surface area contributed by atoms with E-state index in [-0.39, 0.29) is 29.5 Å². The van der Waals surface area contributed by atoms with Gasteiger partial charge in [-0.25, -0.2) is 4.39 Å². The lowest BCUT2D eigenvalue weighted by molar-refractivity contribution is -0.138. The molecule has 1 N–H and O–H groups in total. The van der Waals surface area contributed by atoms with E-state index in [1.165, 1.54) is 28.8 Å². The summed E-state index contributed by atoms with van der Waals surface area (Å²) in [6.07, 6.45) is 1.84. The van der Waals surface area contributed by atoms with E-state index in [0.717, 1.165) is 18.4 Å². The molecule has 1 aromatic heterocycles. The molecule has 1 unspecified atom stereocenters. The zero-order chi connectivity index (χ0) is 24.1. The van der Waals surface area contributed by atoms with Gasteiger partial charge in [0.15, 0.2) is 5.75 Å². The molecule has 1 aliphatic heterocycles. The quantitative estimate of drug-likeness (QED) is 0.524. The summed E-state index contributed by atoms with van der Waals surface area (Å²) in [6, 6.07) is 14.8. The van der Waals surface area contributed by atoms with Gasteiger partial charge >= 0.3 is 5.97 Å². The molecule has 4 rings (SSSR count). The van der Waals surface area contributed by atoms with Crippen molar-refractivity contribution in [1.29, 1.82) is 0 Å². The van der Waals surface area contributed by atoms with Crippen LogP contribution in [0.25, 0.3) is 11.3 Å². The number of pyridine rings is 1. The zero-order valence-electron chi connectivity index (χ0n) is 18.8. The van der Waals surface area contributed by atoms with Crippen LogP contribution in [-0.2, 0) is 22.7 Å². The predicted molar refractivity (Wildman–Crippen MR) is 123 cm³/mol. The molecule has 0 saturated carbocycles. The Morgan fingerprint density at radius 3 is 2.53 bits per heavy atom. The highest BCUT2D eigenvalue weighted by molar-refractivity contribution is 5.73. The lowest BCUT2D eigenvalue weighted by Gasteiger charge is -2.28. The SMILES string of the molecule is Cc1c(OC2CCCCO2)n(CC(=O)O)c(-c2ccc(F)cc2)c(OCc2ccccc2)c1=O. The number of carbonyl (C=O) groups is 1. The molecule has 2 heterocycles. The van der Waals surface area contributed by atoms with Crippen molar-refractivity contribution >= 4 is 5.97 Å². The summed E-state index contributed by atoms with van der Waals surface area (Å²) in [6.45, 7) is 1.71. The van der Waals surface area contributed by atoms with Crippen molar-refractivity contribution in [2.24, 2.45) is 0 Å². The van der Waals surface area contributed by atoms with Crippen molar-refractivity contribution in [3.8, 4) is 22.9 Å². The average molecular weight is 467 g/mol. The number of carboxylic acids is 1. The molecule has 1 atom stereocenters. The van der Waals surface area contributed by atoms with Crippen molar-refractivity contribution in [2.75, 3.05) is 6.61 Å². The smallest absolute Gasteiger partial charge is 0.323 e. The number of aromatic nitrogens is 1. The largest absolute Gasteiger partial charge is 0.483 e. The van der Waals surface area contributed by atoms with Crippen molar-refractivity contribution in [1.82, 2.24) is 4.57 Å². The lowest BCUT2D eigenvalue weighted by Crippen LogP contribution is -2.30. The predicted octanol–water partition coefficient (Wildman–Crippen LogP) is 4.53. The third-order valence-electron chi connectivity index (χ3n) is 5.62. The van der Waals surface area contributed by atoms with E-state index in [2.05, 4.69) is 0 Å². The highest BCUT2D eigenvalue weighted by Crippen LogP contribution is 2.35. The van der Waals surface area contributed by atoms with E-state index in [9.17, 15) is 19.1 Å². The van der Waals surface area contributed by atoms with Gasteiger partial charge in [0.05, 0.1) is 17.9 Å². The maximum Gasteiger partial charge on any atom is 0.323 e. The number of ether oxygens (including phenoxy) is 3. The Morgan fingerprint density at radius 1 is 1.15 bits per heavy atom. The number of halogens is 1. The molecule has 0 aliphatic carbocycles. The van der Waals surface area contributed by atoms with Crippen LogP contribution in [0.1, 0.15) is 30.4 Å². The fraction of sp³-hybridized carbons (Fsp3) is 0.308. The van der Waals surface area contributed by atoms with Gasteiger partial charge < -0.3 is 19.3 Å². The molecule has 0 spiro atoms. The van der Waals surface area contributed by atoms with Crippen LogP contribution in [0.5, 0.6) is 11.6 Å². The number of carboxylic acid groups (broad SMARTS) is 1. The fourth-order valence-electron chi connectivity index (χ4n) is 3.93. The Kier molecular flexibility index (Phi) is 7.27. The van der Waals surface area contributed by atoms with Crippen LogP contribution in [0, 0.1) is 12.7 Å². The van der Waals surface area contributed by atoms with Crippen LogP contribution in [0.4, 0.5) is 4.39 Å². The first-order chi connectivity index (χ1) is 16.4. The van der Waals surface area contributed by atoms with Crippen LogP contribution >= 0.6 is 0 Å². The van der Waals surface area contributed by atoms with Crippen LogP contribution in [0.15, 0.2) is 59.4 Å². The summed E-state index contributed by atoms with van der Waals surface area (Å²) in [5, 5.41) is 9.69. The van der Waals surface area contributed by atoms with Gasteiger partial charge in [0.1, 0.15) is 19.0 Å². The molecule has 7 nitrogen and oxygen atoms in total. The monoisotopic (exact) mass is 467 g/mol. The molecule has 0 radical (unpaired) electrons. The Bertz CT molecular complexity index is 1200. The summed E-state index contributed by atoms with van der Waals surface area (Å²) in [4.78, 5) is 25.3. The molecule has 34 heavy (non-hydrogen) atoms. The number of nitrogens with zero attached hydrogens (tertiary/aromatic N) is 1. The normalized spacial score (nSPS) is 15.6. The second kappa shape index (κ2) is 10.5. The van der Waals surface area contributed by atoms with Crippen molar-refractivity contribution in [2.45, 2.75) is 45.6 Å². The average Bonchev–Trinajstić information content (AvgIpc) is 2.84. The first-order valence-corrected chi connectivity index (χ1v) is 11.1.